The molecular formula is C11H7F2NO3. The van der Waals surface area contributed by atoms with Crippen molar-refractivity contribution < 1.29 is 23.2 Å². The van der Waals surface area contributed by atoms with Gasteiger partial charge in [0.1, 0.15) is 11.6 Å². The van der Waals surface area contributed by atoms with Crippen LogP contribution in [-0.2, 0) is 0 Å². The highest BCUT2D eigenvalue weighted by molar-refractivity contribution is 5.86. The highest BCUT2D eigenvalue weighted by atomic mass is 19.1. The van der Waals surface area contributed by atoms with Crippen molar-refractivity contribution in [3.63, 3.8) is 0 Å². The number of aromatic carboxylic acids is 1. The van der Waals surface area contributed by atoms with Gasteiger partial charge in [-0.3, -0.25) is 0 Å². The first-order chi connectivity index (χ1) is 7.99. The molecule has 1 heterocycles. The normalized spacial score (nSPS) is 10.5. The summed E-state index contributed by atoms with van der Waals surface area (Å²) in [6.45, 7) is 1.30. The van der Waals surface area contributed by atoms with Gasteiger partial charge in [0.25, 0.3) is 0 Å². The van der Waals surface area contributed by atoms with Crippen LogP contribution in [0, 0.1) is 18.6 Å². The fourth-order valence-corrected chi connectivity index (χ4v) is 1.30. The summed E-state index contributed by atoms with van der Waals surface area (Å²) in [5.74, 6) is -2.73. The Bertz CT molecular complexity index is 569. The van der Waals surface area contributed by atoms with Gasteiger partial charge in [0.2, 0.25) is 0 Å². The van der Waals surface area contributed by atoms with E-state index in [0.29, 0.717) is 0 Å². The van der Waals surface area contributed by atoms with E-state index in [2.05, 4.69) is 5.16 Å². The number of carbonyl (C=O) groups is 1. The fraction of sp³-hybridized carbons (Fsp3) is 0.0909. The summed E-state index contributed by atoms with van der Waals surface area (Å²) in [4.78, 5) is 10.6. The fourth-order valence-electron chi connectivity index (χ4n) is 1.30. The maximum Gasteiger partial charge on any atom is 0.358 e. The minimum absolute atomic E-state index is 0.000185. The third kappa shape index (κ3) is 2.01. The van der Waals surface area contributed by atoms with Crippen LogP contribution in [0.4, 0.5) is 8.78 Å². The van der Waals surface area contributed by atoms with E-state index < -0.39 is 17.6 Å². The van der Waals surface area contributed by atoms with Gasteiger partial charge in [-0.05, 0) is 19.1 Å². The summed E-state index contributed by atoms with van der Waals surface area (Å²) in [5, 5.41) is 11.9. The summed E-state index contributed by atoms with van der Waals surface area (Å²) < 4.78 is 31.2. The molecule has 0 atom stereocenters. The van der Waals surface area contributed by atoms with Gasteiger partial charge < -0.3 is 9.63 Å². The van der Waals surface area contributed by atoms with Gasteiger partial charge in [0, 0.05) is 17.2 Å². The Morgan fingerprint density at radius 1 is 1.29 bits per heavy atom. The maximum absolute atomic E-state index is 13.3. The molecule has 0 fully saturated rings. The van der Waals surface area contributed by atoms with Gasteiger partial charge in [-0.25, -0.2) is 13.6 Å². The molecule has 6 heteroatoms. The summed E-state index contributed by atoms with van der Waals surface area (Å²) in [6.07, 6.45) is 0. The van der Waals surface area contributed by atoms with Crippen molar-refractivity contribution in [2.45, 2.75) is 6.92 Å². The van der Waals surface area contributed by atoms with E-state index in [1.54, 1.807) is 0 Å². The zero-order valence-electron chi connectivity index (χ0n) is 8.70. The Kier molecular flexibility index (Phi) is 2.63. The molecule has 0 radical (unpaired) electrons. The van der Waals surface area contributed by atoms with Crippen LogP contribution in [0.5, 0.6) is 0 Å². The van der Waals surface area contributed by atoms with E-state index in [1.165, 1.54) is 6.92 Å². The molecule has 17 heavy (non-hydrogen) atoms. The Labute approximate surface area is 94.5 Å². The lowest BCUT2D eigenvalue weighted by molar-refractivity contribution is 0.0686. The largest absolute Gasteiger partial charge is 0.476 e. The topological polar surface area (TPSA) is 63.3 Å². The van der Waals surface area contributed by atoms with Crippen LogP contribution in [0.3, 0.4) is 0 Å². The molecule has 2 aromatic rings. The van der Waals surface area contributed by atoms with E-state index in [9.17, 15) is 13.6 Å². The predicted molar refractivity (Wildman–Crippen MR) is 53.6 cm³/mol. The second kappa shape index (κ2) is 3.97. The molecule has 0 aliphatic carbocycles. The molecule has 1 aromatic heterocycles. The Morgan fingerprint density at radius 2 is 1.88 bits per heavy atom. The van der Waals surface area contributed by atoms with Crippen molar-refractivity contribution in [2.75, 3.05) is 0 Å². The molecule has 0 amide bonds. The maximum atomic E-state index is 13.3. The van der Waals surface area contributed by atoms with Crippen LogP contribution >= 0.6 is 0 Å². The van der Waals surface area contributed by atoms with Gasteiger partial charge in [-0.15, -0.1) is 0 Å². The van der Waals surface area contributed by atoms with Crippen molar-refractivity contribution in [2.24, 2.45) is 0 Å². The summed E-state index contributed by atoms with van der Waals surface area (Å²) >= 11 is 0. The number of rotatable bonds is 2. The first-order valence-corrected chi connectivity index (χ1v) is 4.65. The lowest BCUT2D eigenvalue weighted by Crippen LogP contribution is -1.94. The molecule has 88 valence electrons. The van der Waals surface area contributed by atoms with E-state index in [-0.39, 0.29) is 22.6 Å². The van der Waals surface area contributed by atoms with Crippen LogP contribution in [0.25, 0.3) is 11.3 Å². The van der Waals surface area contributed by atoms with Crippen molar-refractivity contribution >= 4 is 5.97 Å². The van der Waals surface area contributed by atoms with Gasteiger partial charge >= 0.3 is 5.97 Å². The molecule has 0 saturated heterocycles. The number of carboxylic acid groups (broad SMARTS) is 1. The average molecular weight is 239 g/mol. The third-order valence-corrected chi connectivity index (χ3v) is 2.29. The third-order valence-electron chi connectivity index (χ3n) is 2.29. The monoisotopic (exact) mass is 239 g/mol. The summed E-state index contributed by atoms with van der Waals surface area (Å²) in [6, 6.07) is 3.22. The van der Waals surface area contributed by atoms with Crippen LogP contribution in [0.15, 0.2) is 22.7 Å². The highest BCUT2D eigenvalue weighted by Crippen LogP contribution is 2.24. The van der Waals surface area contributed by atoms with E-state index in [1.807, 2.05) is 0 Å². The van der Waals surface area contributed by atoms with Crippen LogP contribution in [-0.4, -0.2) is 16.2 Å². The Hall–Kier alpha value is -2.24. The molecule has 0 saturated carbocycles. The minimum Gasteiger partial charge on any atom is -0.476 e. The number of nitrogens with zero attached hydrogens (tertiary/aromatic N) is 1. The molecular weight excluding hydrogens is 232 g/mol. The van der Waals surface area contributed by atoms with Crippen molar-refractivity contribution in [3.05, 3.63) is 41.1 Å². The summed E-state index contributed by atoms with van der Waals surface area (Å²) in [5.41, 5.74) is -0.321. The number of hydrogen-bond donors (Lipinski definition) is 1. The van der Waals surface area contributed by atoms with E-state index in [4.69, 9.17) is 9.63 Å². The molecule has 2 rings (SSSR count). The average Bonchev–Trinajstić information content (AvgIpc) is 2.74. The van der Waals surface area contributed by atoms with Gasteiger partial charge in [0.15, 0.2) is 11.5 Å². The Morgan fingerprint density at radius 3 is 2.35 bits per heavy atom. The number of aromatic nitrogens is 1. The lowest BCUT2D eigenvalue weighted by atomic mass is 10.1. The van der Waals surface area contributed by atoms with Crippen molar-refractivity contribution in [3.8, 4) is 11.3 Å². The summed E-state index contributed by atoms with van der Waals surface area (Å²) in [7, 11) is 0. The van der Waals surface area contributed by atoms with Crippen LogP contribution in [0.2, 0.25) is 0 Å². The van der Waals surface area contributed by atoms with Gasteiger partial charge in [-0.1, -0.05) is 5.16 Å². The quantitative estimate of drug-likeness (QED) is 0.874. The molecule has 1 aromatic carbocycles. The molecule has 1 N–H and O–H groups in total. The van der Waals surface area contributed by atoms with Gasteiger partial charge in [0.05, 0.1) is 0 Å². The first kappa shape index (κ1) is 11.3. The van der Waals surface area contributed by atoms with Gasteiger partial charge in [-0.2, -0.15) is 0 Å². The lowest BCUT2D eigenvalue weighted by Gasteiger charge is -2.01. The van der Waals surface area contributed by atoms with Crippen LogP contribution < -0.4 is 0 Å². The van der Waals surface area contributed by atoms with E-state index in [0.717, 1.165) is 18.2 Å². The van der Waals surface area contributed by atoms with Crippen molar-refractivity contribution in [1.82, 2.24) is 5.16 Å². The van der Waals surface area contributed by atoms with Crippen LogP contribution in [0.1, 0.15) is 16.1 Å². The number of halogens is 2. The minimum atomic E-state index is -1.27. The molecule has 4 nitrogen and oxygen atoms in total. The SMILES string of the molecule is Cc1c(F)cc(-c2cc(C(=O)O)no2)cc1F. The van der Waals surface area contributed by atoms with E-state index >= 15 is 0 Å². The molecule has 0 spiro atoms. The Balaban J connectivity index is 2.49. The number of hydrogen-bond acceptors (Lipinski definition) is 3. The zero-order chi connectivity index (χ0) is 12.6. The zero-order valence-corrected chi connectivity index (χ0v) is 8.70. The number of benzene rings is 1. The molecule has 0 bridgehead atoms. The molecule has 0 aliphatic rings. The predicted octanol–water partition coefficient (Wildman–Crippen LogP) is 2.63. The second-order valence-electron chi connectivity index (χ2n) is 3.45. The number of carboxylic acids is 1. The first-order valence-electron chi connectivity index (χ1n) is 4.65. The second-order valence-corrected chi connectivity index (χ2v) is 3.45. The standard InChI is InChI=1S/C11H7F2NO3/c1-5-7(12)2-6(3-8(5)13)10-4-9(11(15)16)14-17-10/h2-4H,1H3,(H,15,16). The van der Waals surface area contributed by atoms with Crippen molar-refractivity contribution in [1.29, 1.82) is 0 Å². The molecule has 0 unspecified atom stereocenters. The molecule has 0 aliphatic heterocycles. The highest BCUT2D eigenvalue weighted by Gasteiger charge is 2.15. The smallest absolute Gasteiger partial charge is 0.358 e.